The minimum absolute atomic E-state index is 0. The molecule has 2 fully saturated rings. The number of likely N-dealkylation sites (tertiary alicyclic amines) is 1. The lowest BCUT2D eigenvalue weighted by atomic mass is 9.59. The Balaban J connectivity index is 0.000000750. The number of carbonyl (C=O) groups is 3. The molecule has 0 saturated carbocycles. The maximum Gasteiger partial charge on any atom is 0.410 e. The van der Waals surface area contributed by atoms with Crippen molar-refractivity contribution in [3.05, 3.63) is 12.7 Å². The van der Waals surface area contributed by atoms with Gasteiger partial charge in [-0.15, -0.1) is 19.0 Å². The summed E-state index contributed by atoms with van der Waals surface area (Å²) < 4.78 is 5.34. The first kappa shape index (κ1) is 38.2. The number of carboxylic acids is 1. The number of allylic oxidation sites excluding steroid dienone is 1. The van der Waals surface area contributed by atoms with Gasteiger partial charge in [0, 0.05) is 18.6 Å². The molecule has 0 atom stereocenters. The minimum Gasteiger partial charge on any atom is -0.481 e. The Morgan fingerprint density at radius 2 is 1.40 bits per heavy atom. The molecule has 0 aromatic carbocycles. The largest absolute Gasteiger partial charge is 0.481 e. The number of piperidine rings is 2. The van der Waals surface area contributed by atoms with Crippen molar-refractivity contribution >= 4 is 30.4 Å². The van der Waals surface area contributed by atoms with E-state index in [9.17, 15) is 19.5 Å². The molecule has 8 nitrogen and oxygen atoms in total. The number of carbonyl (C=O) groups excluding carboxylic acids is 2. The van der Waals surface area contributed by atoms with Crippen molar-refractivity contribution in [2.45, 2.75) is 119 Å². The van der Waals surface area contributed by atoms with Crippen molar-refractivity contribution in [2.24, 2.45) is 21.7 Å². The van der Waals surface area contributed by atoms with E-state index in [0.29, 0.717) is 25.9 Å². The van der Waals surface area contributed by atoms with Crippen LogP contribution in [0.25, 0.3) is 0 Å². The summed E-state index contributed by atoms with van der Waals surface area (Å²) in [5.74, 6) is -0.584. The summed E-state index contributed by atoms with van der Waals surface area (Å²) in [4.78, 5) is 38.2. The van der Waals surface area contributed by atoms with Crippen LogP contribution in [0.3, 0.4) is 0 Å². The molecule has 0 bridgehead atoms. The summed E-state index contributed by atoms with van der Waals surface area (Å²) in [5, 5.41) is 16.3. The number of halogens is 1. The fourth-order valence-electron chi connectivity index (χ4n) is 5.59. The number of rotatable bonds is 6. The van der Waals surface area contributed by atoms with Crippen molar-refractivity contribution in [2.75, 3.05) is 26.2 Å². The number of nitrogens with one attached hydrogen (secondary N) is 2. The van der Waals surface area contributed by atoms with Gasteiger partial charge in [-0.2, -0.15) is 0 Å². The zero-order valence-corrected chi connectivity index (χ0v) is 27.9. The van der Waals surface area contributed by atoms with Crippen molar-refractivity contribution < 1.29 is 24.2 Å². The number of aliphatic carboxylic acids is 1. The van der Waals surface area contributed by atoms with Crippen LogP contribution in [0.5, 0.6) is 0 Å². The molecule has 2 aliphatic heterocycles. The van der Waals surface area contributed by atoms with E-state index < -0.39 is 22.4 Å². The van der Waals surface area contributed by atoms with Crippen LogP contribution in [-0.4, -0.2) is 65.3 Å². The summed E-state index contributed by atoms with van der Waals surface area (Å²) >= 11 is 0. The van der Waals surface area contributed by atoms with E-state index in [-0.39, 0.29) is 40.8 Å². The average molecular weight is 588 g/mol. The molecule has 3 N–H and O–H groups in total. The average Bonchev–Trinajstić information content (AvgIpc) is 2.82. The fourth-order valence-corrected chi connectivity index (χ4v) is 5.59. The fraction of sp³-hybridized carbons (Fsp3) is 0.839. The Labute approximate surface area is 249 Å². The van der Waals surface area contributed by atoms with E-state index in [1.54, 1.807) is 11.0 Å². The topological polar surface area (TPSA) is 108 Å². The predicted octanol–water partition coefficient (Wildman–Crippen LogP) is 6.43. The molecule has 0 radical (unpaired) electrons. The van der Waals surface area contributed by atoms with Crippen molar-refractivity contribution in [3.8, 4) is 0 Å². The molecule has 0 aromatic heterocycles. The maximum absolute atomic E-state index is 12.8. The summed E-state index contributed by atoms with van der Waals surface area (Å²) in [6.45, 7) is 28.5. The van der Waals surface area contributed by atoms with Gasteiger partial charge >= 0.3 is 12.1 Å². The summed E-state index contributed by atoms with van der Waals surface area (Å²) in [7, 11) is 0. The second-order valence-electron chi connectivity index (χ2n) is 14.6. The SMILES string of the molecule is C=CC(C)(C)C1(C(=O)O)CCN(C(=O)OC(C)(C)C)CC1.CCC(C)(C)C1(C(=O)NC(C)(C)C)CCNCC1.Cl. The van der Waals surface area contributed by atoms with E-state index in [1.807, 2.05) is 34.6 Å². The Bertz CT molecular complexity index is 872. The van der Waals surface area contributed by atoms with Gasteiger partial charge in [0.15, 0.2) is 0 Å². The number of hydrogen-bond donors (Lipinski definition) is 3. The van der Waals surface area contributed by atoms with Gasteiger partial charge in [0.1, 0.15) is 5.60 Å². The molecule has 2 heterocycles. The van der Waals surface area contributed by atoms with Gasteiger partial charge in [-0.05, 0) is 97.6 Å². The van der Waals surface area contributed by atoms with Crippen molar-refractivity contribution in [3.63, 3.8) is 0 Å². The molecule has 0 aliphatic carbocycles. The van der Waals surface area contributed by atoms with Gasteiger partial charge < -0.3 is 25.4 Å². The van der Waals surface area contributed by atoms with Gasteiger partial charge in [0.25, 0.3) is 0 Å². The van der Waals surface area contributed by atoms with Crippen LogP contribution in [0.4, 0.5) is 4.79 Å². The number of ether oxygens (including phenoxy) is 1. The lowest BCUT2D eigenvalue weighted by molar-refractivity contribution is -0.159. The maximum atomic E-state index is 12.8. The summed E-state index contributed by atoms with van der Waals surface area (Å²) in [6.07, 6.45) is 5.04. The van der Waals surface area contributed by atoms with E-state index in [4.69, 9.17) is 4.74 Å². The van der Waals surface area contributed by atoms with Crippen LogP contribution < -0.4 is 10.6 Å². The zero-order chi connectivity index (χ0) is 30.5. The highest BCUT2D eigenvalue weighted by Crippen LogP contribution is 2.49. The molecule has 40 heavy (non-hydrogen) atoms. The van der Waals surface area contributed by atoms with Gasteiger partial charge in [-0.1, -0.05) is 40.7 Å². The van der Waals surface area contributed by atoms with Gasteiger partial charge in [-0.25, -0.2) is 4.79 Å². The second-order valence-corrected chi connectivity index (χ2v) is 14.6. The van der Waals surface area contributed by atoms with Crippen molar-refractivity contribution in [1.29, 1.82) is 0 Å². The van der Waals surface area contributed by atoms with Crippen LogP contribution in [0.2, 0.25) is 0 Å². The molecule has 0 aromatic rings. The van der Waals surface area contributed by atoms with E-state index in [2.05, 4.69) is 58.8 Å². The van der Waals surface area contributed by atoms with Gasteiger partial charge in [0.05, 0.1) is 10.8 Å². The number of amides is 2. The highest BCUT2D eigenvalue weighted by Gasteiger charge is 2.52. The molecule has 2 rings (SSSR count). The third kappa shape index (κ3) is 9.10. The van der Waals surface area contributed by atoms with Crippen LogP contribution in [0, 0.1) is 21.7 Å². The summed E-state index contributed by atoms with van der Waals surface area (Å²) in [5.41, 5.74) is -2.28. The molecule has 234 valence electrons. The van der Waals surface area contributed by atoms with E-state index >= 15 is 0 Å². The molecular weight excluding hydrogens is 530 g/mol. The van der Waals surface area contributed by atoms with Crippen LogP contribution in [0.15, 0.2) is 12.7 Å². The highest BCUT2D eigenvalue weighted by molar-refractivity contribution is 5.85. The second kappa shape index (κ2) is 13.9. The lowest BCUT2D eigenvalue weighted by Gasteiger charge is -2.48. The van der Waals surface area contributed by atoms with Crippen LogP contribution >= 0.6 is 12.4 Å². The third-order valence-electron chi connectivity index (χ3n) is 8.98. The molecule has 0 unspecified atom stereocenters. The van der Waals surface area contributed by atoms with Gasteiger partial charge in [0.2, 0.25) is 5.91 Å². The first-order chi connectivity index (χ1) is 17.6. The molecule has 0 spiro atoms. The molecular formula is C31H58ClN3O5. The van der Waals surface area contributed by atoms with E-state index in [0.717, 1.165) is 32.4 Å². The highest BCUT2D eigenvalue weighted by atomic mass is 35.5. The number of nitrogens with zero attached hydrogens (tertiary/aromatic N) is 1. The van der Waals surface area contributed by atoms with Gasteiger partial charge in [-0.3, -0.25) is 9.59 Å². The predicted molar refractivity (Wildman–Crippen MR) is 165 cm³/mol. The van der Waals surface area contributed by atoms with Crippen LogP contribution in [-0.2, 0) is 14.3 Å². The van der Waals surface area contributed by atoms with Crippen molar-refractivity contribution in [1.82, 2.24) is 15.5 Å². The molecule has 2 aliphatic rings. The standard InChI is InChI=1S/C16H27NO4.C15H30N2O.ClH/c1-7-15(5,6)16(12(18)19)8-10-17(11-9-16)13(20)21-14(2,3)4;1-7-14(5,6)15(8-10-16-11-9-15)12(18)17-13(2,3)4;/h7H,1,8-11H2,2-6H3,(H,18,19);16H,7-11H2,1-6H3,(H,17,18);1H. The molecule has 2 amide bonds. The first-order valence-corrected chi connectivity index (χ1v) is 14.5. The number of carboxylic acid groups (broad SMARTS) is 1. The molecule has 9 heteroatoms. The monoisotopic (exact) mass is 587 g/mol. The normalized spacial score (nSPS) is 19.2. The summed E-state index contributed by atoms with van der Waals surface area (Å²) in [6, 6.07) is 0. The Hall–Kier alpha value is -1.80. The molecule has 2 saturated heterocycles. The smallest absolute Gasteiger partial charge is 0.410 e. The Morgan fingerprint density at radius 3 is 1.75 bits per heavy atom. The third-order valence-corrected chi connectivity index (χ3v) is 8.98. The lowest BCUT2D eigenvalue weighted by Crippen LogP contribution is -2.58. The Kier molecular flexibility index (Phi) is 13.3. The van der Waals surface area contributed by atoms with E-state index in [1.165, 1.54) is 0 Å². The first-order valence-electron chi connectivity index (χ1n) is 14.5. The quantitative estimate of drug-likeness (QED) is 0.309. The Morgan fingerprint density at radius 1 is 0.925 bits per heavy atom. The zero-order valence-electron chi connectivity index (χ0n) is 27.1. The number of hydrogen-bond acceptors (Lipinski definition) is 5. The minimum atomic E-state index is -0.882. The van der Waals surface area contributed by atoms with Crippen LogP contribution in [0.1, 0.15) is 108 Å².